The van der Waals surface area contributed by atoms with E-state index in [-0.39, 0.29) is 56.0 Å². The van der Waals surface area contributed by atoms with E-state index >= 15 is 0 Å². The standard InChI is InChI=1S/C9H11NO2.Al.ClH.Zr.3H/c10-8(9(11)12)6-7-4-2-1-3-5-7;;;;;;/h1-5,8H,6,10H2,(H,11,12);;1H;;;;. The van der Waals surface area contributed by atoms with Crippen LogP contribution in [0.15, 0.2) is 30.3 Å². The molecule has 3 N–H and O–H groups in total. The Morgan fingerprint density at radius 2 is 1.80 bits per heavy atom. The molecule has 1 aromatic rings. The number of hydrogen-bond donors (Lipinski definition) is 2. The van der Waals surface area contributed by atoms with Crippen LogP contribution in [0, 0.1) is 0 Å². The maximum absolute atomic E-state index is 10.4. The zero-order valence-electron chi connectivity index (χ0n) is 7.51. The number of nitrogens with two attached hydrogens (primary N) is 1. The molecule has 0 spiro atoms. The molecule has 0 aliphatic rings. The van der Waals surface area contributed by atoms with Crippen molar-refractivity contribution in [1.29, 1.82) is 0 Å². The molecule has 1 atom stereocenters. The molecule has 0 radical (unpaired) electrons. The largest absolute Gasteiger partial charge is 0.480 e. The molecule has 1 rings (SSSR count). The molecule has 1 aromatic carbocycles. The fraction of sp³-hybridized carbons (Fsp3) is 0.222. The number of carboxylic acid groups (broad SMARTS) is 1. The number of halogens is 1. The van der Waals surface area contributed by atoms with Crippen LogP contribution in [0.3, 0.4) is 0 Å². The minimum atomic E-state index is -0.959. The summed E-state index contributed by atoms with van der Waals surface area (Å²) in [5.74, 6) is -0.959. The van der Waals surface area contributed by atoms with Gasteiger partial charge in [0.25, 0.3) is 0 Å². The maximum Gasteiger partial charge on any atom is 0.320 e. The fourth-order valence-corrected chi connectivity index (χ4v) is 0.955. The summed E-state index contributed by atoms with van der Waals surface area (Å²) in [6.07, 6.45) is 0.385. The smallest absolute Gasteiger partial charge is 0.320 e. The maximum atomic E-state index is 10.4. The predicted octanol–water partition coefficient (Wildman–Crippen LogP) is -0.124. The van der Waals surface area contributed by atoms with Gasteiger partial charge in [0, 0.05) is 26.2 Å². The summed E-state index contributed by atoms with van der Waals surface area (Å²) >= 11 is 0. The Hall–Kier alpha value is 0.356. The number of carbonyl (C=O) groups is 1. The van der Waals surface area contributed by atoms with Crippen molar-refractivity contribution in [1.82, 2.24) is 0 Å². The van der Waals surface area contributed by atoms with E-state index in [0.29, 0.717) is 6.42 Å². The van der Waals surface area contributed by atoms with E-state index < -0.39 is 12.0 Å². The molecule has 0 saturated heterocycles. The Kier molecular flexibility index (Phi) is 15.0. The summed E-state index contributed by atoms with van der Waals surface area (Å²) in [6.45, 7) is 0. The van der Waals surface area contributed by atoms with Crippen LogP contribution >= 0.6 is 12.4 Å². The molecule has 6 heteroatoms. The first-order chi connectivity index (χ1) is 5.70. The molecule has 0 fully saturated rings. The SMILES string of the molecule is Cl.NC(Cc1ccccc1)C(=O)O.[AlH3].[Zr]. The van der Waals surface area contributed by atoms with Gasteiger partial charge in [0.15, 0.2) is 17.4 Å². The average molecular weight is 323 g/mol. The molecule has 0 aromatic heterocycles. The van der Waals surface area contributed by atoms with Gasteiger partial charge in [-0.25, -0.2) is 0 Å². The van der Waals surface area contributed by atoms with Gasteiger partial charge in [0.05, 0.1) is 0 Å². The zero-order valence-corrected chi connectivity index (χ0v) is 10.8. The first kappa shape index (κ1) is 20.7. The second-order valence-electron chi connectivity index (χ2n) is 2.63. The minimum absolute atomic E-state index is 0. The van der Waals surface area contributed by atoms with E-state index in [1.807, 2.05) is 30.3 Å². The van der Waals surface area contributed by atoms with E-state index in [1.165, 1.54) is 0 Å². The molecule has 82 valence electrons. The van der Waals surface area contributed by atoms with Crippen LogP contribution in [0.4, 0.5) is 0 Å². The Balaban J connectivity index is -0.000000480. The van der Waals surface area contributed by atoms with Gasteiger partial charge in [-0.05, 0) is 12.0 Å². The minimum Gasteiger partial charge on any atom is -0.480 e. The number of rotatable bonds is 3. The second-order valence-corrected chi connectivity index (χ2v) is 2.63. The fourth-order valence-electron chi connectivity index (χ4n) is 0.955. The number of aliphatic carboxylic acids is 1. The molecule has 15 heavy (non-hydrogen) atoms. The Bertz CT molecular complexity index is 274. The predicted molar refractivity (Wildman–Crippen MR) is 62.9 cm³/mol. The summed E-state index contributed by atoms with van der Waals surface area (Å²) in [7, 11) is 0. The van der Waals surface area contributed by atoms with Gasteiger partial charge >= 0.3 is 5.97 Å². The topological polar surface area (TPSA) is 63.3 Å². The van der Waals surface area contributed by atoms with E-state index in [4.69, 9.17) is 10.8 Å². The summed E-state index contributed by atoms with van der Waals surface area (Å²) in [6, 6.07) is 8.54. The van der Waals surface area contributed by atoms with Gasteiger partial charge < -0.3 is 10.8 Å². The van der Waals surface area contributed by atoms with Crippen molar-refractivity contribution < 1.29 is 36.1 Å². The van der Waals surface area contributed by atoms with Gasteiger partial charge in [0.1, 0.15) is 6.04 Å². The molecule has 0 aliphatic heterocycles. The summed E-state index contributed by atoms with van der Waals surface area (Å²) < 4.78 is 0. The number of hydrogen-bond acceptors (Lipinski definition) is 2. The van der Waals surface area contributed by atoms with Gasteiger partial charge in [-0.15, -0.1) is 12.4 Å². The van der Waals surface area contributed by atoms with Crippen molar-refractivity contribution in [2.75, 3.05) is 0 Å². The summed E-state index contributed by atoms with van der Waals surface area (Å²) in [4.78, 5) is 10.4. The van der Waals surface area contributed by atoms with E-state index in [1.54, 1.807) is 0 Å². The van der Waals surface area contributed by atoms with Crippen LogP contribution in [0.5, 0.6) is 0 Å². The molecular formula is C9H15AlClNO2Zr. The quantitative estimate of drug-likeness (QED) is 0.763. The van der Waals surface area contributed by atoms with E-state index in [9.17, 15) is 4.79 Å². The van der Waals surface area contributed by atoms with E-state index in [0.717, 1.165) is 5.56 Å². The third kappa shape index (κ3) is 8.19. The Labute approximate surface area is 125 Å². The van der Waals surface area contributed by atoms with Crippen molar-refractivity contribution >= 4 is 35.7 Å². The molecule has 0 bridgehead atoms. The van der Waals surface area contributed by atoms with Crippen molar-refractivity contribution in [3.05, 3.63) is 35.9 Å². The zero-order chi connectivity index (χ0) is 8.97. The van der Waals surface area contributed by atoms with Gasteiger partial charge in [0.2, 0.25) is 0 Å². The normalized spacial score (nSPS) is 9.93. The van der Waals surface area contributed by atoms with Crippen LogP contribution in [-0.2, 0) is 37.4 Å². The van der Waals surface area contributed by atoms with Crippen LogP contribution in [0.1, 0.15) is 5.56 Å². The molecule has 0 aliphatic carbocycles. The van der Waals surface area contributed by atoms with Crippen molar-refractivity contribution in [2.24, 2.45) is 5.73 Å². The van der Waals surface area contributed by atoms with Crippen LogP contribution in [0.2, 0.25) is 0 Å². The summed E-state index contributed by atoms with van der Waals surface area (Å²) in [5.41, 5.74) is 6.30. The number of carboxylic acids is 1. The molecular weight excluding hydrogens is 308 g/mol. The second kappa shape index (κ2) is 10.9. The third-order valence-electron chi connectivity index (χ3n) is 1.62. The molecule has 0 amide bonds. The van der Waals surface area contributed by atoms with Crippen molar-refractivity contribution in [2.45, 2.75) is 12.5 Å². The van der Waals surface area contributed by atoms with Crippen molar-refractivity contribution in [3.63, 3.8) is 0 Å². The first-order valence-electron chi connectivity index (χ1n) is 3.72. The molecule has 1 unspecified atom stereocenters. The molecule has 3 nitrogen and oxygen atoms in total. The van der Waals surface area contributed by atoms with Gasteiger partial charge in [-0.1, -0.05) is 30.3 Å². The van der Waals surface area contributed by atoms with Crippen molar-refractivity contribution in [3.8, 4) is 0 Å². The van der Waals surface area contributed by atoms with Crippen LogP contribution < -0.4 is 5.73 Å². The van der Waals surface area contributed by atoms with E-state index in [2.05, 4.69) is 0 Å². The first-order valence-corrected chi connectivity index (χ1v) is 3.72. The molecule has 0 heterocycles. The third-order valence-corrected chi connectivity index (χ3v) is 1.62. The van der Waals surface area contributed by atoms with Crippen LogP contribution in [-0.4, -0.2) is 34.5 Å². The average Bonchev–Trinajstić information content (AvgIpc) is 2.06. The molecule has 0 saturated carbocycles. The monoisotopic (exact) mass is 321 g/mol. The Morgan fingerprint density at radius 3 is 2.20 bits per heavy atom. The van der Waals surface area contributed by atoms with Gasteiger partial charge in [-0.2, -0.15) is 0 Å². The van der Waals surface area contributed by atoms with Gasteiger partial charge in [-0.3, -0.25) is 4.79 Å². The summed E-state index contributed by atoms with van der Waals surface area (Å²) in [5, 5.41) is 8.52. The number of benzene rings is 1. The Morgan fingerprint density at radius 1 is 1.33 bits per heavy atom. The van der Waals surface area contributed by atoms with Crippen LogP contribution in [0.25, 0.3) is 0 Å².